The zero-order chi connectivity index (χ0) is 19.1. The Balaban J connectivity index is 2.12. The summed E-state index contributed by atoms with van der Waals surface area (Å²) in [6.07, 6.45) is 15.5. The first-order chi connectivity index (χ1) is 12.6. The second-order valence-corrected chi connectivity index (χ2v) is 9.88. The van der Waals surface area contributed by atoms with Gasteiger partial charge in [-0.3, -0.25) is 0 Å². The van der Waals surface area contributed by atoms with Crippen molar-refractivity contribution in [3.63, 3.8) is 0 Å². The number of hydrogen-bond donors (Lipinski definition) is 0. The van der Waals surface area contributed by atoms with Crippen LogP contribution in [0.3, 0.4) is 0 Å². The summed E-state index contributed by atoms with van der Waals surface area (Å²) in [7, 11) is 5.84. The SMILES string of the molecule is CCCCCCCCCCCC[N+](C)(C)Cc1ccc(CC[Si]C)cc1. The lowest BCUT2D eigenvalue weighted by atomic mass is 10.1. The van der Waals surface area contributed by atoms with E-state index in [1.54, 1.807) is 0 Å². The number of hydrogen-bond acceptors (Lipinski definition) is 0. The van der Waals surface area contributed by atoms with Crippen LogP contribution < -0.4 is 0 Å². The second-order valence-electron chi connectivity index (χ2n) is 8.67. The monoisotopic (exact) mass is 374 g/mol. The quantitative estimate of drug-likeness (QED) is 0.168. The van der Waals surface area contributed by atoms with Gasteiger partial charge in [0.1, 0.15) is 6.54 Å². The summed E-state index contributed by atoms with van der Waals surface area (Å²) >= 11 is 0. The van der Waals surface area contributed by atoms with Crippen LogP contribution in [0, 0.1) is 0 Å². The fraction of sp³-hybridized carbons (Fsp3) is 0.750. The van der Waals surface area contributed by atoms with Crippen molar-refractivity contribution in [2.24, 2.45) is 0 Å². The van der Waals surface area contributed by atoms with Crippen LogP contribution in [0.4, 0.5) is 0 Å². The van der Waals surface area contributed by atoms with E-state index < -0.39 is 0 Å². The lowest BCUT2D eigenvalue weighted by molar-refractivity contribution is -0.903. The third-order valence-corrected chi connectivity index (χ3v) is 6.16. The molecule has 0 bridgehead atoms. The molecule has 0 aliphatic carbocycles. The highest BCUT2D eigenvalue weighted by Crippen LogP contribution is 2.15. The molecule has 0 amide bonds. The Hall–Kier alpha value is -0.603. The van der Waals surface area contributed by atoms with E-state index >= 15 is 0 Å². The van der Waals surface area contributed by atoms with E-state index in [1.807, 2.05) is 0 Å². The van der Waals surface area contributed by atoms with Gasteiger partial charge in [-0.15, -0.1) is 0 Å². The normalized spacial score (nSPS) is 11.8. The average molecular weight is 375 g/mol. The van der Waals surface area contributed by atoms with E-state index in [9.17, 15) is 0 Å². The Bertz CT molecular complexity index is 438. The predicted octanol–water partition coefficient (Wildman–Crippen LogP) is 6.90. The minimum atomic E-state index is 1.07. The van der Waals surface area contributed by atoms with Crippen LogP contribution in [0.25, 0.3) is 0 Å². The summed E-state index contributed by atoms with van der Waals surface area (Å²) in [5.41, 5.74) is 2.99. The molecule has 0 heterocycles. The molecule has 148 valence electrons. The molecule has 0 atom stereocenters. The van der Waals surface area contributed by atoms with Crippen molar-refractivity contribution < 1.29 is 4.48 Å². The molecule has 1 aromatic rings. The minimum absolute atomic E-state index is 1.07. The second kappa shape index (κ2) is 14.5. The van der Waals surface area contributed by atoms with Gasteiger partial charge in [-0.1, -0.05) is 95.1 Å². The minimum Gasteiger partial charge on any atom is -0.325 e. The Morgan fingerprint density at radius 1 is 0.731 bits per heavy atom. The number of quaternary nitrogens is 1. The fourth-order valence-corrected chi connectivity index (χ4v) is 4.22. The number of benzene rings is 1. The van der Waals surface area contributed by atoms with Crippen LogP contribution in [-0.2, 0) is 13.0 Å². The Labute approximate surface area is 167 Å². The van der Waals surface area contributed by atoms with Crippen molar-refractivity contribution in [1.29, 1.82) is 0 Å². The van der Waals surface area contributed by atoms with Gasteiger partial charge in [-0.2, -0.15) is 0 Å². The van der Waals surface area contributed by atoms with Crippen LogP contribution >= 0.6 is 0 Å². The van der Waals surface area contributed by atoms with Gasteiger partial charge in [-0.25, -0.2) is 0 Å². The van der Waals surface area contributed by atoms with E-state index in [0.29, 0.717) is 0 Å². The number of unbranched alkanes of at least 4 members (excludes halogenated alkanes) is 9. The Kier molecular flexibility index (Phi) is 13.0. The maximum Gasteiger partial charge on any atom is 0.104 e. The molecule has 0 spiro atoms. The van der Waals surface area contributed by atoms with Gasteiger partial charge >= 0.3 is 0 Å². The molecule has 0 aliphatic heterocycles. The standard InChI is InChI=1S/C24H44NSi/c1-5-6-7-8-9-10-11-12-13-14-20-25(2,3)22-24-17-15-23(16-18-24)19-21-26-4/h15-18H,5-14,19-22H2,1-4H3/q+1. The van der Waals surface area contributed by atoms with Gasteiger partial charge in [0.15, 0.2) is 0 Å². The zero-order valence-electron chi connectivity index (χ0n) is 18.2. The van der Waals surface area contributed by atoms with E-state index in [4.69, 9.17) is 0 Å². The summed E-state index contributed by atoms with van der Waals surface area (Å²) in [4.78, 5) is 0. The molecule has 0 aliphatic rings. The van der Waals surface area contributed by atoms with Gasteiger partial charge in [-0.05, 0) is 24.8 Å². The van der Waals surface area contributed by atoms with Crippen molar-refractivity contribution in [1.82, 2.24) is 0 Å². The molecule has 0 saturated carbocycles. The average Bonchev–Trinajstić information content (AvgIpc) is 2.62. The van der Waals surface area contributed by atoms with Crippen LogP contribution in [0.5, 0.6) is 0 Å². The van der Waals surface area contributed by atoms with Crippen molar-refractivity contribution in [3.05, 3.63) is 35.4 Å². The van der Waals surface area contributed by atoms with E-state index in [2.05, 4.69) is 51.8 Å². The molecular weight excluding hydrogens is 330 g/mol. The van der Waals surface area contributed by atoms with Crippen LogP contribution in [-0.4, -0.2) is 34.6 Å². The third-order valence-electron chi connectivity index (χ3n) is 5.41. The molecule has 0 unspecified atom stereocenters. The van der Waals surface area contributed by atoms with Crippen LogP contribution in [0.2, 0.25) is 12.6 Å². The summed E-state index contributed by atoms with van der Waals surface area (Å²) in [6, 6.07) is 10.7. The molecule has 0 N–H and O–H groups in total. The highest BCUT2D eigenvalue weighted by atomic mass is 28.2. The van der Waals surface area contributed by atoms with Crippen molar-refractivity contribution in [2.45, 2.75) is 96.7 Å². The van der Waals surface area contributed by atoms with Gasteiger partial charge in [0.05, 0.1) is 20.6 Å². The number of aryl methyl sites for hydroxylation is 1. The van der Waals surface area contributed by atoms with Crippen molar-refractivity contribution in [2.75, 3.05) is 20.6 Å². The first-order valence-corrected chi connectivity index (χ1v) is 12.8. The highest BCUT2D eigenvalue weighted by Gasteiger charge is 2.15. The molecular formula is C24H44NSi+. The summed E-state index contributed by atoms with van der Waals surface area (Å²) in [5, 5.41) is 0. The molecule has 0 fully saturated rings. The van der Waals surface area contributed by atoms with Crippen LogP contribution in [0.1, 0.15) is 82.3 Å². The predicted molar refractivity (Wildman–Crippen MR) is 119 cm³/mol. The molecule has 1 rings (SSSR count). The number of nitrogens with zero attached hydrogens (tertiary/aromatic N) is 1. The number of rotatable bonds is 16. The Morgan fingerprint density at radius 3 is 1.77 bits per heavy atom. The molecule has 26 heavy (non-hydrogen) atoms. The summed E-state index contributed by atoms with van der Waals surface area (Å²) in [6.45, 7) is 7.05. The largest absolute Gasteiger partial charge is 0.325 e. The lowest BCUT2D eigenvalue weighted by Gasteiger charge is -2.30. The maximum absolute atomic E-state index is 2.39. The van der Waals surface area contributed by atoms with Crippen molar-refractivity contribution in [3.8, 4) is 0 Å². The fourth-order valence-electron chi connectivity index (χ4n) is 3.68. The maximum atomic E-state index is 2.39. The molecule has 0 saturated heterocycles. The molecule has 0 aromatic heterocycles. The van der Waals surface area contributed by atoms with Crippen LogP contribution in [0.15, 0.2) is 24.3 Å². The molecule has 2 radical (unpaired) electrons. The van der Waals surface area contributed by atoms with Gasteiger partial charge < -0.3 is 4.48 Å². The third kappa shape index (κ3) is 11.9. The molecule has 1 aromatic carbocycles. The summed E-state index contributed by atoms with van der Waals surface area (Å²) in [5.74, 6) is 0. The van der Waals surface area contributed by atoms with Gasteiger partial charge in [0, 0.05) is 15.1 Å². The first kappa shape index (κ1) is 23.4. The first-order valence-electron chi connectivity index (χ1n) is 11.1. The Morgan fingerprint density at radius 2 is 1.23 bits per heavy atom. The van der Waals surface area contributed by atoms with E-state index in [0.717, 1.165) is 20.5 Å². The van der Waals surface area contributed by atoms with Crippen molar-refractivity contribution >= 4 is 9.52 Å². The lowest BCUT2D eigenvalue weighted by Crippen LogP contribution is -2.39. The summed E-state index contributed by atoms with van der Waals surface area (Å²) < 4.78 is 1.12. The highest BCUT2D eigenvalue weighted by molar-refractivity contribution is 6.33. The molecule has 2 heteroatoms. The smallest absolute Gasteiger partial charge is 0.104 e. The van der Waals surface area contributed by atoms with Gasteiger partial charge in [0.25, 0.3) is 0 Å². The zero-order valence-corrected chi connectivity index (χ0v) is 19.2. The van der Waals surface area contributed by atoms with E-state index in [-0.39, 0.29) is 0 Å². The molecule has 1 nitrogen and oxygen atoms in total. The van der Waals surface area contributed by atoms with E-state index in [1.165, 1.54) is 94.3 Å². The topological polar surface area (TPSA) is 0 Å². The van der Waals surface area contributed by atoms with Gasteiger partial charge in [0.2, 0.25) is 0 Å².